The van der Waals surface area contributed by atoms with Crippen molar-refractivity contribution in [2.75, 3.05) is 11.9 Å². The first-order valence-electron chi connectivity index (χ1n) is 5.68. The predicted octanol–water partition coefficient (Wildman–Crippen LogP) is 2.48. The predicted molar refractivity (Wildman–Crippen MR) is 65.6 cm³/mol. The lowest BCUT2D eigenvalue weighted by Crippen LogP contribution is -2.28. The van der Waals surface area contributed by atoms with E-state index >= 15 is 0 Å². The number of aromatic nitrogens is 2. The minimum absolute atomic E-state index is 0.0223. The Balaban J connectivity index is 2.57. The van der Waals surface area contributed by atoms with Gasteiger partial charge in [-0.1, -0.05) is 26.7 Å². The Morgan fingerprint density at radius 3 is 2.71 bits per heavy atom. The van der Waals surface area contributed by atoms with Crippen LogP contribution in [0, 0.1) is 11.7 Å². The van der Waals surface area contributed by atoms with E-state index in [1.165, 1.54) is 0 Å². The van der Waals surface area contributed by atoms with E-state index in [0.717, 1.165) is 19.0 Å². The molecule has 1 aromatic heterocycles. The SMILES string of the molecule is CCC(CC)C(O)CNc1nc(Cl)ncc1F. The first kappa shape index (κ1) is 14.1. The lowest BCUT2D eigenvalue weighted by atomic mass is 9.97. The number of hydrogen-bond donors (Lipinski definition) is 2. The number of aliphatic hydroxyl groups excluding tert-OH is 1. The van der Waals surface area contributed by atoms with E-state index in [9.17, 15) is 9.50 Å². The third kappa shape index (κ3) is 4.09. The largest absolute Gasteiger partial charge is 0.391 e. The van der Waals surface area contributed by atoms with Gasteiger partial charge >= 0.3 is 0 Å². The van der Waals surface area contributed by atoms with Crippen LogP contribution in [0.3, 0.4) is 0 Å². The molecule has 0 fully saturated rings. The molecular formula is C11H17ClFN3O. The molecule has 1 aromatic rings. The highest BCUT2D eigenvalue weighted by atomic mass is 35.5. The summed E-state index contributed by atoms with van der Waals surface area (Å²) in [5.41, 5.74) is 0. The zero-order chi connectivity index (χ0) is 12.8. The Morgan fingerprint density at radius 1 is 1.47 bits per heavy atom. The monoisotopic (exact) mass is 261 g/mol. The van der Waals surface area contributed by atoms with Gasteiger partial charge in [0.1, 0.15) is 0 Å². The van der Waals surface area contributed by atoms with Gasteiger partial charge in [0.05, 0.1) is 12.3 Å². The molecule has 0 spiro atoms. The van der Waals surface area contributed by atoms with Crippen molar-refractivity contribution < 1.29 is 9.50 Å². The Hall–Kier alpha value is -0.940. The smallest absolute Gasteiger partial charge is 0.224 e. The fraction of sp³-hybridized carbons (Fsp3) is 0.636. The molecule has 0 saturated heterocycles. The molecule has 1 rings (SSSR count). The summed E-state index contributed by atoms with van der Waals surface area (Å²) in [6.07, 6.45) is 2.23. The summed E-state index contributed by atoms with van der Waals surface area (Å²) in [6.45, 7) is 4.27. The van der Waals surface area contributed by atoms with Crippen molar-refractivity contribution in [1.82, 2.24) is 9.97 Å². The molecule has 96 valence electrons. The number of nitrogens with one attached hydrogen (secondary N) is 1. The molecule has 0 radical (unpaired) electrons. The molecule has 0 aliphatic rings. The lowest BCUT2D eigenvalue weighted by Gasteiger charge is -2.20. The fourth-order valence-corrected chi connectivity index (χ4v) is 1.80. The highest BCUT2D eigenvalue weighted by Gasteiger charge is 2.16. The van der Waals surface area contributed by atoms with Gasteiger partial charge in [-0.2, -0.15) is 4.98 Å². The summed E-state index contributed by atoms with van der Waals surface area (Å²) < 4.78 is 13.3. The van der Waals surface area contributed by atoms with Crippen molar-refractivity contribution in [2.24, 2.45) is 5.92 Å². The molecule has 0 aliphatic carbocycles. The summed E-state index contributed by atoms with van der Waals surface area (Å²) in [5.74, 6) is -0.357. The van der Waals surface area contributed by atoms with Gasteiger partial charge in [0.25, 0.3) is 0 Å². The van der Waals surface area contributed by atoms with E-state index in [0.29, 0.717) is 0 Å². The molecule has 0 bridgehead atoms. The van der Waals surface area contributed by atoms with Crippen LogP contribution in [-0.4, -0.2) is 27.7 Å². The van der Waals surface area contributed by atoms with Gasteiger partial charge in [-0.15, -0.1) is 0 Å². The third-order valence-electron chi connectivity index (χ3n) is 2.79. The van der Waals surface area contributed by atoms with E-state index in [2.05, 4.69) is 15.3 Å². The number of nitrogens with zero attached hydrogens (tertiary/aromatic N) is 2. The van der Waals surface area contributed by atoms with Gasteiger partial charge < -0.3 is 10.4 Å². The highest BCUT2D eigenvalue weighted by Crippen LogP contribution is 2.16. The second kappa shape index (κ2) is 6.71. The molecule has 1 heterocycles. The van der Waals surface area contributed by atoms with Crippen LogP contribution in [0.2, 0.25) is 5.28 Å². The Labute approximate surface area is 105 Å². The number of rotatable bonds is 6. The minimum Gasteiger partial charge on any atom is -0.391 e. The van der Waals surface area contributed by atoms with Gasteiger partial charge in [-0.05, 0) is 17.5 Å². The standard InChI is InChI=1S/C11H17ClFN3O/c1-3-7(4-2)9(17)6-14-10-8(13)5-15-11(12)16-10/h5,7,9,17H,3-4,6H2,1-2H3,(H,14,15,16). The Kier molecular flexibility index (Phi) is 5.58. The first-order chi connectivity index (χ1) is 8.08. The number of anilines is 1. The Bertz CT molecular complexity index is 361. The molecule has 2 N–H and O–H groups in total. The van der Waals surface area contributed by atoms with Crippen molar-refractivity contribution in [2.45, 2.75) is 32.8 Å². The van der Waals surface area contributed by atoms with E-state index in [-0.39, 0.29) is 23.6 Å². The highest BCUT2D eigenvalue weighted by molar-refractivity contribution is 6.28. The first-order valence-corrected chi connectivity index (χ1v) is 6.06. The van der Waals surface area contributed by atoms with Crippen molar-refractivity contribution in [3.8, 4) is 0 Å². The van der Waals surface area contributed by atoms with E-state index in [1.54, 1.807) is 0 Å². The van der Waals surface area contributed by atoms with Crippen LogP contribution in [-0.2, 0) is 0 Å². The van der Waals surface area contributed by atoms with Crippen molar-refractivity contribution in [3.63, 3.8) is 0 Å². The molecule has 4 nitrogen and oxygen atoms in total. The zero-order valence-electron chi connectivity index (χ0n) is 9.95. The quantitative estimate of drug-likeness (QED) is 0.773. The number of hydrogen-bond acceptors (Lipinski definition) is 4. The Morgan fingerprint density at radius 2 is 2.12 bits per heavy atom. The summed E-state index contributed by atoms with van der Waals surface area (Å²) >= 11 is 5.56. The van der Waals surface area contributed by atoms with Crippen molar-refractivity contribution >= 4 is 17.4 Å². The molecule has 1 atom stereocenters. The molecule has 0 aromatic carbocycles. The van der Waals surface area contributed by atoms with E-state index in [4.69, 9.17) is 11.6 Å². The maximum absolute atomic E-state index is 13.3. The average Bonchev–Trinajstić information content (AvgIpc) is 2.32. The van der Waals surface area contributed by atoms with Crippen LogP contribution in [0.1, 0.15) is 26.7 Å². The molecule has 0 saturated carbocycles. The maximum atomic E-state index is 13.3. The zero-order valence-corrected chi connectivity index (χ0v) is 10.7. The molecule has 0 aliphatic heterocycles. The second-order valence-electron chi connectivity index (χ2n) is 3.86. The second-order valence-corrected chi connectivity index (χ2v) is 4.20. The fourth-order valence-electron chi connectivity index (χ4n) is 1.67. The average molecular weight is 262 g/mol. The van der Waals surface area contributed by atoms with E-state index < -0.39 is 11.9 Å². The molecule has 17 heavy (non-hydrogen) atoms. The van der Waals surface area contributed by atoms with Gasteiger partial charge in [0.15, 0.2) is 11.6 Å². The normalized spacial score (nSPS) is 12.8. The lowest BCUT2D eigenvalue weighted by molar-refractivity contribution is 0.114. The maximum Gasteiger partial charge on any atom is 0.224 e. The van der Waals surface area contributed by atoms with Crippen molar-refractivity contribution in [3.05, 3.63) is 17.3 Å². The van der Waals surface area contributed by atoms with Crippen LogP contribution in [0.4, 0.5) is 10.2 Å². The van der Waals surface area contributed by atoms with Crippen LogP contribution in [0.5, 0.6) is 0 Å². The summed E-state index contributed by atoms with van der Waals surface area (Å²) in [5, 5.41) is 12.6. The summed E-state index contributed by atoms with van der Waals surface area (Å²) in [4.78, 5) is 7.22. The van der Waals surface area contributed by atoms with Crippen molar-refractivity contribution in [1.29, 1.82) is 0 Å². The number of aliphatic hydroxyl groups is 1. The van der Waals surface area contributed by atoms with Crippen LogP contribution < -0.4 is 5.32 Å². The van der Waals surface area contributed by atoms with Crippen LogP contribution in [0.15, 0.2) is 6.20 Å². The molecule has 1 unspecified atom stereocenters. The van der Waals surface area contributed by atoms with Gasteiger partial charge in [-0.3, -0.25) is 0 Å². The van der Waals surface area contributed by atoms with Gasteiger partial charge in [0.2, 0.25) is 5.28 Å². The molecule has 6 heteroatoms. The van der Waals surface area contributed by atoms with Crippen LogP contribution in [0.25, 0.3) is 0 Å². The molecular weight excluding hydrogens is 245 g/mol. The van der Waals surface area contributed by atoms with Gasteiger partial charge in [0, 0.05) is 6.54 Å². The summed E-state index contributed by atoms with van der Waals surface area (Å²) in [7, 11) is 0. The third-order valence-corrected chi connectivity index (χ3v) is 2.97. The van der Waals surface area contributed by atoms with Crippen LogP contribution >= 0.6 is 11.6 Å². The van der Waals surface area contributed by atoms with E-state index in [1.807, 2.05) is 13.8 Å². The topological polar surface area (TPSA) is 58.0 Å². The summed E-state index contributed by atoms with van der Waals surface area (Å²) in [6, 6.07) is 0. The molecule has 0 amide bonds. The number of halogens is 2. The van der Waals surface area contributed by atoms with Gasteiger partial charge in [-0.25, -0.2) is 9.37 Å². The minimum atomic E-state index is -0.578.